The summed E-state index contributed by atoms with van der Waals surface area (Å²) in [7, 11) is -3.45. The van der Waals surface area contributed by atoms with E-state index in [1.165, 1.54) is 9.87 Å². The maximum Gasteiger partial charge on any atom is 0.301 e. The van der Waals surface area contributed by atoms with Gasteiger partial charge in [0, 0.05) is 18.8 Å². The predicted octanol–water partition coefficient (Wildman–Crippen LogP) is 1.58. The molecule has 0 aromatic heterocycles. The SMILES string of the molecule is CCc1ccc(NS(=O)(=O)N2CCC(CN)CC2)cc1. The molecule has 1 fully saturated rings. The van der Waals surface area contributed by atoms with E-state index in [4.69, 9.17) is 5.73 Å². The minimum atomic E-state index is -3.45. The fourth-order valence-electron chi connectivity index (χ4n) is 2.41. The Morgan fingerprint density at radius 1 is 1.25 bits per heavy atom. The second-order valence-electron chi connectivity index (χ2n) is 5.24. The van der Waals surface area contributed by atoms with Gasteiger partial charge in [-0.1, -0.05) is 19.1 Å². The Balaban J connectivity index is 2.00. The first-order valence-corrected chi connectivity index (χ1v) is 8.56. The van der Waals surface area contributed by atoms with Gasteiger partial charge in [0.25, 0.3) is 0 Å². The number of nitrogens with one attached hydrogen (secondary N) is 1. The predicted molar refractivity (Wildman–Crippen MR) is 81.7 cm³/mol. The Bertz CT molecular complexity index is 520. The lowest BCUT2D eigenvalue weighted by Gasteiger charge is -2.30. The average molecular weight is 297 g/mol. The molecule has 1 heterocycles. The minimum absolute atomic E-state index is 0.449. The summed E-state index contributed by atoms with van der Waals surface area (Å²) in [5.74, 6) is 0.449. The van der Waals surface area contributed by atoms with Gasteiger partial charge in [-0.15, -0.1) is 0 Å². The molecule has 1 aliphatic rings. The largest absolute Gasteiger partial charge is 0.330 e. The van der Waals surface area contributed by atoms with E-state index in [0.29, 0.717) is 31.2 Å². The summed E-state index contributed by atoms with van der Waals surface area (Å²) in [4.78, 5) is 0. The summed E-state index contributed by atoms with van der Waals surface area (Å²) in [5.41, 5.74) is 7.43. The zero-order chi connectivity index (χ0) is 14.6. The van der Waals surface area contributed by atoms with Crippen molar-refractivity contribution in [2.75, 3.05) is 24.4 Å². The molecular weight excluding hydrogens is 274 g/mol. The van der Waals surface area contributed by atoms with Crippen molar-refractivity contribution in [3.05, 3.63) is 29.8 Å². The highest BCUT2D eigenvalue weighted by molar-refractivity contribution is 7.90. The number of piperidine rings is 1. The van der Waals surface area contributed by atoms with E-state index in [1.54, 1.807) is 0 Å². The molecule has 5 nitrogen and oxygen atoms in total. The highest BCUT2D eigenvalue weighted by Gasteiger charge is 2.27. The topological polar surface area (TPSA) is 75.4 Å². The second kappa shape index (κ2) is 6.56. The van der Waals surface area contributed by atoms with Crippen LogP contribution in [0.2, 0.25) is 0 Å². The summed E-state index contributed by atoms with van der Waals surface area (Å²) in [5, 5.41) is 0. The van der Waals surface area contributed by atoms with Crippen LogP contribution >= 0.6 is 0 Å². The van der Waals surface area contributed by atoms with Gasteiger partial charge in [0.2, 0.25) is 0 Å². The maximum absolute atomic E-state index is 12.3. The number of anilines is 1. The number of hydrogen-bond acceptors (Lipinski definition) is 3. The van der Waals surface area contributed by atoms with E-state index in [1.807, 2.05) is 24.3 Å². The fraction of sp³-hybridized carbons (Fsp3) is 0.571. The Hall–Kier alpha value is -1.11. The maximum atomic E-state index is 12.3. The van der Waals surface area contributed by atoms with Gasteiger partial charge in [0.1, 0.15) is 0 Å². The summed E-state index contributed by atoms with van der Waals surface area (Å²) in [6.45, 7) is 3.80. The van der Waals surface area contributed by atoms with E-state index in [0.717, 1.165) is 19.3 Å². The average Bonchev–Trinajstić information content (AvgIpc) is 2.48. The van der Waals surface area contributed by atoms with E-state index in [2.05, 4.69) is 11.6 Å². The summed E-state index contributed by atoms with van der Waals surface area (Å²) >= 11 is 0. The molecule has 0 amide bonds. The monoisotopic (exact) mass is 297 g/mol. The van der Waals surface area contributed by atoms with Crippen molar-refractivity contribution in [1.29, 1.82) is 0 Å². The molecular formula is C14H23N3O2S. The first kappa shape index (κ1) is 15.3. The zero-order valence-corrected chi connectivity index (χ0v) is 12.7. The van der Waals surface area contributed by atoms with Crippen molar-refractivity contribution < 1.29 is 8.42 Å². The molecule has 20 heavy (non-hydrogen) atoms. The number of nitrogens with zero attached hydrogens (tertiary/aromatic N) is 1. The van der Waals surface area contributed by atoms with Crippen molar-refractivity contribution in [2.45, 2.75) is 26.2 Å². The molecule has 0 radical (unpaired) electrons. The van der Waals surface area contributed by atoms with Gasteiger partial charge in [0.05, 0.1) is 0 Å². The Morgan fingerprint density at radius 3 is 2.35 bits per heavy atom. The van der Waals surface area contributed by atoms with Crippen molar-refractivity contribution >= 4 is 15.9 Å². The van der Waals surface area contributed by atoms with E-state index >= 15 is 0 Å². The van der Waals surface area contributed by atoms with Crippen LogP contribution in [-0.4, -0.2) is 32.4 Å². The van der Waals surface area contributed by atoms with Crippen LogP contribution in [0.15, 0.2) is 24.3 Å². The van der Waals surface area contributed by atoms with Crippen LogP contribution in [0.3, 0.4) is 0 Å². The lowest BCUT2D eigenvalue weighted by Crippen LogP contribution is -2.42. The van der Waals surface area contributed by atoms with Gasteiger partial charge >= 0.3 is 10.2 Å². The van der Waals surface area contributed by atoms with Gasteiger partial charge < -0.3 is 5.73 Å². The van der Waals surface area contributed by atoms with Crippen molar-refractivity contribution in [2.24, 2.45) is 11.7 Å². The molecule has 0 atom stereocenters. The van der Waals surface area contributed by atoms with Crippen molar-refractivity contribution in [3.8, 4) is 0 Å². The van der Waals surface area contributed by atoms with Crippen molar-refractivity contribution in [1.82, 2.24) is 4.31 Å². The zero-order valence-electron chi connectivity index (χ0n) is 11.9. The fourth-order valence-corrected chi connectivity index (χ4v) is 3.66. The standard InChI is InChI=1S/C14H23N3O2S/c1-2-12-3-5-14(6-4-12)16-20(18,19)17-9-7-13(11-15)8-10-17/h3-6,13,16H,2,7-11,15H2,1H3. The number of hydrogen-bond donors (Lipinski definition) is 2. The molecule has 0 bridgehead atoms. The normalized spacial score (nSPS) is 18.1. The van der Waals surface area contributed by atoms with Crippen LogP contribution in [-0.2, 0) is 16.6 Å². The molecule has 3 N–H and O–H groups in total. The third kappa shape index (κ3) is 3.71. The second-order valence-corrected chi connectivity index (χ2v) is 6.91. The van der Waals surface area contributed by atoms with Gasteiger partial charge in [0.15, 0.2) is 0 Å². The van der Waals surface area contributed by atoms with Crippen LogP contribution in [0.25, 0.3) is 0 Å². The molecule has 1 aromatic carbocycles. The van der Waals surface area contributed by atoms with E-state index < -0.39 is 10.2 Å². The first-order chi connectivity index (χ1) is 9.55. The van der Waals surface area contributed by atoms with Crippen LogP contribution in [0, 0.1) is 5.92 Å². The highest BCUT2D eigenvalue weighted by Crippen LogP contribution is 2.20. The molecule has 1 aromatic rings. The first-order valence-electron chi connectivity index (χ1n) is 7.12. The van der Waals surface area contributed by atoms with Crippen LogP contribution in [0.1, 0.15) is 25.3 Å². The van der Waals surface area contributed by atoms with Crippen molar-refractivity contribution in [3.63, 3.8) is 0 Å². The quantitative estimate of drug-likeness (QED) is 0.866. The van der Waals surface area contributed by atoms with Gasteiger partial charge in [-0.3, -0.25) is 4.72 Å². The van der Waals surface area contributed by atoms with Gasteiger partial charge in [-0.2, -0.15) is 12.7 Å². The molecule has 0 unspecified atom stereocenters. The Kier molecular flexibility index (Phi) is 5.01. The molecule has 1 aliphatic heterocycles. The van der Waals surface area contributed by atoms with Crippen LogP contribution in [0.4, 0.5) is 5.69 Å². The smallest absolute Gasteiger partial charge is 0.301 e. The highest BCUT2D eigenvalue weighted by atomic mass is 32.2. The number of aryl methyl sites for hydroxylation is 1. The lowest BCUT2D eigenvalue weighted by molar-refractivity contribution is 0.280. The van der Waals surface area contributed by atoms with Gasteiger partial charge in [-0.25, -0.2) is 0 Å². The van der Waals surface area contributed by atoms with Gasteiger partial charge in [-0.05, 0) is 49.4 Å². The summed E-state index contributed by atoms with van der Waals surface area (Å²) in [6, 6.07) is 7.50. The molecule has 0 spiro atoms. The number of nitrogens with two attached hydrogens (primary N) is 1. The molecule has 112 valence electrons. The van der Waals surface area contributed by atoms with E-state index in [-0.39, 0.29) is 0 Å². The van der Waals surface area contributed by atoms with Crippen LogP contribution in [0.5, 0.6) is 0 Å². The molecule has 2 rings (SSSR count). The molecule has 0 saturated carbocycles. The molecule has 1 saturated heterocycles. The third-order valence-electron chi connectivity index (χ3n) is 3.86. The van der Waals surface area contributed by atoms with E-state index in [9.17, 15) is 8.42 Å². The Labute approximate surface area is 121 Å². The summed E-state index contributed by atoms with van der Waals surface area (Å²) < 4.78 is 28.7. The third-order valence-corrected chi connectivity index (χ3v) is 5.39. The van der Waals surface area contributed by atoms with Crippen LogP contribution < -0.4 is 10.5 Å². The number of rotatable bonds is 5. The molecule has 6 heteroatoms. The summed E-state index contributed by atoms with van der Waals surface area (Å²) in [6.07, 6.45) is 2.62. The minimum Gasteiger partial charge on any atom is -0.330 e. The molecule has 0 aliphatic carbocycles. The lowest BCUT2D eigenvalue weighted by atomic mass is 9.99. The Morgan fingerprint density at radius 2 is 1.85 bits per heavy atom. The number of benzene rings is 1.